The number of nitro groups is 1. The quantitative estimate of drug-likeness (QED) is 0.466. The number of nitro benzene ring substituents is 1. The van der Waals surface area contributed by atoms with Crippen molar-refractivity contribution in [3.05, 3.63) is 46.9 Å². The molecule has 0 fully saturated rings. The van der Waals surface area contributed by atoms with Gasteiger partial charge in [0, 0.05) is 26.8 Å². The van der Waals surface area contributed by atoms with Gasteiger partial charge in [-0.25, -0.2) is 4.98 Å². The summed E-state index contributed by atoms with van der Waals surface area (Å²) in [5.74, 6) is 0. The van der Waals surface area contributed by atoms with Crippen molar-refractivity contribution in [2.45, 2.75) is 13.5 Å². The first-order chi connectivity index (χ1) is 8.97. The van der Waals surface area contributed by atoms with Crippen molar-refractivity contribution in [2.24, 2.45) is 0 Å². The number of rotatable bonds is 4. The second-order valence-electron chi connectivity index (χ2n) is 3.81. The molecule has 100 valence electrons. The number of anilines is 1. The zero-order valence-corrected chi connectivity index (χ0v) is 13.5. The minimum absolute atomic E-state index is 0.105. The third kappa shape index (κ3) is 3.54. The SMILES string of the molecule is Cc1cc([N+](=O)[O-])cc(I)c1NCc1cnc(Cl)s1. The lowest BCUT2D eigenvalue weighted by Gasteiger charge is -2.10. The fourth-order valence-electron chi connectivity index (χ4n) is 1.60. The molecular formula is C11H9ClIN3O2S. The number of non-ortho nitro benzene ring substituents is 1. The second kappa shape index (κ2) is 6.02. The third-order valence-electron chi connectivity index (χ3n) is 2.45. The molecule has 0 spiro atoms. The van der Waals surface area contributed by atoms with Gasteiger partial charge in [0.2, 0.25) is 0 Å². The number of aromatic nitrogens is 1. The van der Waals surface area contributed by atoms with E-state index in [1.807, 2.05) is 6.92 Å². The summed E-state index contributed by atoms with van der Waals surface area (Å²) in [6.07, 6.45) is 1.72. The van der Waals surface area contributed by atoms with Crippen LogP contribution in [0.15, 0.2) is 18.3 Å². The third-order valence-corrected chi connectivity index (χ3v) is 4.41. The molecule has 0 bridgehead atoms. The van der Waals surface area contributed by atoms with Gasteiger partial charge < -0.3 is 5.32 Å². The van der Waals surface area contributed by atoms with Gasteiger partial charge in [-0.05, 0) is 35.1 Å². The summed E-state index contributed by atoms with van der Waals surface area (Å²) in [6, 6.07) is 3.11. The van der Waals surface area contributed by atoms with Crippen LogP contribution >= 0.6 is 45.5 Å². The molecule has 0 aliphatic rings. The minimum atomic E-state index is -0.387. The number of nitrogens with zero attached hydrogens (tertiary/aromatic N) is 2. The molecule has 0 aliphatic heterocycles. The van der Waals surface area contributed by atoms with E-state index in [0.717, 1.165) is 19.7 Å². The Balaban J connectivity index is 2.18. The summed E-state index contributed by atoms with van der Waals surface area (Å²) < 4.78 is 1.33. The number of hydrogen-bond acceptors (Lipinski definition) is 5. The summed E-state index contributed by atoms with van der Waals surface area (Å²) in [6.45, 7) is 2.44. The molecule has 5 nitrogen and oxygen atoms in total. The summed E-state index contributed by atoms with van der Waals surface area (Å²) >= 11 is 9.26. The highest BCUT2D eigenvalue weighted by Crippen LogP contribution is 2.29. The van der Waals surface area contributed by atoms with Crippen molar-refractivity contribution >= 4 is 56.9 Å². The van der Waals surface area contributed by atoms with E-state index in [0.29, 0.717) is 11.0 Å². The molecule has 2 aromatic rings. The first-order valence-electron chi connectivity index (χ1n) is 5.26. The number of benzene rings is 1. The summed E-state index contributed by atoms with van der Waals surface area (Å²) in [5, 5.41) is 14.0. The summed E-state index contributed by atoms with van der Waals surface area (Å²) in [7, 11) is 0. The number of nitrogens with one attached hydrogen (secondary N) is 1. The average molecular weight is 410 g/mol. The Morgan fingerprint density at radius 3 is 2.84 bits per heavy atom. The molecule has 1 N–H and O–H groups in total. The molecule has 1 aromatic heterocycles. The molecule has 0 saturated carbocycles. The van der Waals surface area contributed by atoms with Crippen LogP contribution < -0.4 is 5.32 Å². The van der Waals surface area contributed by atoms with Crippen LogP contribution in [0, 0.1) is 20.6 Å². The highest BCUT2D eigenvalue weighted by Gasteiger charge is 2.13. The smallest absolute Gasteiger partial charge is 0.270 e. The van der Waals surface area contributed by atoms with Gasteiger partial charge in [-0.2, -0.15) is 0 Å². The Labute approximate surface area is 132 Å². The predicted molar refractivity (Wildman–Crippen MR) is 85.0 cm³/mol. The first kappa shape index (κ1) is 14.5. The van der Waals surface area contributed by atoms with Crippen molar-refractivity contribution < 1.29 is 4.92 Å². The van der Waals surface area contributed by atoms with Crippen LogP contribution in [0.5, 0.6) is 0 Å². The zero-order valence-electron chi connectivity index (χ0n) is 9.81. The highest BCUT2D eigenvalue weighted by molar-refractivity contribution is 14.1. The summed E-state index contributed by atoms with van der Waals surface area (Å²) in [5.41, 5.74) is 1.85. The monoisotopic (exact) mass is 409 g/mol. The molecular weight excluding hydrogens is 401 g/mol. The van der Waals surface area contributed by atoms with Crippen molar-refractivity contribution in [3.8, 4) is 0 Å². The van der Waals surface area contributed by atoms with Gasteiger partial charge in [0.05, 0.1) is 17.2 Å². The number of thiazole rings is 1. The van der Waals surface area contributed by atoms with E-state index < -0.39 is 0 Å². The first-order valence-corrected chi connectivity index (χ1v) is 7.53. The molecule has 0 amide bonds. The van der Waals surface area contributed by atoms with Crippen molar-refractivity contribution in [3.63, 3.8) is 0 Å². The van der Waals surface area contributed by atoms with E-state index in [1.165, 1.54) is 11.3 Å². The van der Waals surface area contributed by atoms with Crippen molar-refractivity contribution in [1.29, 1.82) is 0 Å². The minimum Gasteiger partial charge on any atom is -0.379 e. The molecule has 2 rings (SSSR count). The number of aryl methyl sites for hydroxylation is 1. The van der Waals surface area contributed by atoms with E-state index >= 15 is 0 Å². The van der Waals surface area contributed by atoms with E-state index in [1.54, 1.807) is 18.3 Å². The van der Waals surface area contributed by atoms with E-state index in [2.05, 4.69) is 32.9 Å². The Kier molecular flexibility index (Phi) is 4.58. The van der Waals surface area contributed by atoms with Crippen LogP contribution in [0.1, 0.15) is 10.4 Å². The lowest BCUT2D eigenvalue weighted by molar-refractivity contribution is -0.385. The van der Waals surface area contributed by atoms with Crippen LogP contribution in [0.3, 0.4) is 0 Å². The molecule has 0 saturated heterocycles. The molecule has 0 unspecified atom stereocenters. The van der Waals surface area contributed by atoms with Gasteiger partial charge in [-0.3, -0.25) is 10.1 Å². The molecule has 0 atom stereocenters. The van der Waals surface area contributed by atoms with Gasteiger partial charge in [0.25, 0.3) is 5.69 Å². The van der Waals surface area contributed by atoms with Crippen LogP contribution in [0.2, 0.25) is 4.47 Å². The lowest BCUT2D eigenvalue weighted by Crippen LogP contribution is -2.02. The molecule has 19 heavy (non-hydrogen) atoms. The Morgan fingerprint density at radius 2 is 2.32 bits per heavy atom. The van der Waals surface area contributed by atoms with Gasteiger partial charge in [-0.15, -0.1) is 11.3 Å². The standard InChI is InChI=1S/C11H9ClIN3O2S/c1-6-2-7(16(17)18)3-9(13)10(6)14-4-8-5-15-11(12)19-8/h2-3,5,14H,4H2,1H3. The Bertz CT molecular complexity index is 609. The van der Waals surface area contributed by atoms with E-state index in [-0.39, 0.29) is 10.6 Å². The van der Waals surface area contributed by atoms with Gasteiger partial charge >= 0.3 is 0 Å². The van der Waals surface area contributed by atoms with Crippen molar-refractivity contribution in [1.82, 2.24) is 4.98 Å². The van der Waals surface area contributed by atoms with Gasteiger partial charge in [0.15, 0.2) is 4.47 Å². The second-order valence-corrected chi connectivity index (χ2v) is 6.67. The average Bonchev–Trinajstić information content (AvgIpc) is 2.73. The van der Waals surface area contributed by atoms with E-state index in [4.69, 9.17) is 11.6 Å². The maximum atomic E-state index is 10.8. The van der Waals surface area contributed by atoms with Crippen molar-refractivity contribution in [2.75, 3.05) is 5.32 Å². The Morgan fingerprint density at radius 1 is 1.58 bits per heavy atom. The Hall–Kier alpha value is -0.930. The van der Waals surface area contributed by atoms with Crippen LogP contribution in [0.4, 0.5) is 11.4 Å². The fourth-order valence-corrected chi connectivity index (χ4v) is 3.45. The fraction of sp³-hybridized carbons (Fsp3) is 0.182. The zero-order chi connectivity index (χ0) is 14.0. The highest BCUT2D eigenvalue weighted by atomic mass is 127. The molecule has 0 radical (unpaired) electrons. The maximum Gasteiger partial charge on any atom is 0.270 e. The van der Waals surface area contributed by atoms with Gasteiger partial charge in [-0.1, -0.05) is 11.6 Å². The van der Waals surface area contributed by atoms with E-state index in [9.17, 15) is 10.1 Å². The molecule has 8 heteroatoms. The van der Waals surface area contributed by atoms with Crippen LogP contribution in [-0.2, 0) is 6.54 Å². The van der Waals surface area contributed by atoms with Gasteiger partial charge in [0.1, 0.15) is 0 Å². The van der Waals surface area contributed by atoms with Crippen LogP contribution in [0.25, 0.3) is 0 Å². The molecule has 1 heterocycles. The predicted octanol–water partition coefficient (Wildman–Crippen LogP) is 4.23. The largest absolute Gasteiger partial charge is 0.379 e. The number of halogens is 2. The number of hydrogen-bond donors (Lipinski definition) is 1. The topological polar surface area (TPSA) is 68.1 Å². The lowest BCUT2D eigenvalue weighted by atomic mass is 10.2. The normalized spacial score (nSPS) is 10.5. The molecule has 1 aromatic carbocycles. The van der Waals surface area contributed by atoms with Crippen LogP contribution in [-0.4, -0.2) is 9.91 Å². The summed E-state index contributed by atoms with van der Waals surface area (Å²) in [4.78, 5) is 15.3. The maximum absolute atomic E-state index is 10.8. The molecule has 0 aliphatic carbocycles.